The summed E-state index contributed by atoms with van der Waals surface area (Å²) in [6.07, 6.45) is 18.9. The first-order valence-electron chi connectivity index (χ1n) is 15.3. The van der Waals surface area contributed by atoms with E-state index in [2.05, 4.69) is 23.8 Å². The van der Waals surface area contributed by atoms with Crippen molar-refractivity contribution < 1.29 is 14.3 Å². The quantitative estimate of drug-likeness (QED) is 0.0860. The second-order valence-electron chi connectivity index (χ2n) is 10.6. The van der Waals surface area contributed by atoms with Crippen LogP contribution in [0, 0.1) is 22.7 Å². The number of esters is 1. The van der Waals surface area contributed by atoms with E-state index in [1.54, 1.807) is 30.3 Å². The minimum atomic E-state index is -0.627. The maximum atomic E-state index is 12.9. The number of carbonyl (C=O) groups is 1. The van der Waals surface area contributed by atoms with E-state index < -0.39 is 5.97 Å². The first-order chi connectivity index (χ1) is 20.6. The van der Waals surface area contributed by atoms with Gasteiger partial charge < -0.3 is 9.47 Å². The Bertz CT molecular complexity index is 1340. The van der Waals surface area contributed by atoms with E-state index in [0.29, 0.717) is 23.7 Å². The normalized spacial score (nSPS) is 10.6. The average Bonchev–Trinajstić information content (AvgIpc) is 3.02. The van der Waals surface area contributed by atoms with Crippen LogP contribution in [-0.4, -0.2) is 22.5 Å². The third-order valence-electron chi connectivity index (χ3n) is 7.21. The highest BCUT2D eigenvalue weighted by Gasteiger charge is 2.19. The molecule has 1 aromatic heterocycles. The summed E-state index contributed by atoms with van der Waals surface area (Å²) in [6, 6.07) is 13.9. The summed E-state index contributed by atoms with van der Waals surface area (Å²) in [4.78, 5) is 21.9. The number of nitrogens with zero attached hydrogens (tertiary/aromatic N) is 4. The van der Waals surface area contributed by atoms with Gasteiger partial charge in [-0.2, -0.15) is 10.5 Å². The summed E-state index contributed by atoms with van der Waals surface area (Å²) in [6.45, 7) is 4.88. The smallest absolute Gasteiger partial charge is 0.343 e. The number of aromatic nitrogens is 2. The highest BCUT2D eigenvalue weighted by Crippen LogP contribution is 2.30. The van der Waals surface area contributed by atoms with Gasteiger partial charge in [-0.3, -0.25) is 0 Å². The van der Waals surface area contributed by atoms with E-state index in [0.717, 1.165) is 43.2 Å². The Morgan fingerprint density at radius 2 is 1.26 bits per heavy atom. The monoisotopic (exact) mass is 566 g/mol. The van der Waals surface area contributed by atoms with Gasteiger partial charge in [-0.1, -0.05) is 90.2 Å². The maximum absolute atomic E-state index is 12.9. The fraction of sp³-hybridized carbons (Fsp3) is 0.457. The molecule has 3 rings (SSSR count). The lowest BCUT2D eigenvalue weighted by Gasteiger charge is -2.12. The fourth-order valence-electron chi connectivity index (χ4n) is 4.71. The number of hydrogen-bond acceptors (Lipinski definition) is 7. The number of benzene rings is 2. The van der Waals surface area contributed by atoms with Crippen LogP contribution in [0.15, 0.2) is 48.8 Å². The number of ether oxygens (including phenoxy) is 2. The third-order valence-corrected chi connectivity index (χ3v) is 7.21. The summed E-state index contributed by atoms with van der Waals surface area (Å²) in [5.74, 6) is 0.312. The number of nitriles is 2. The summed E-state index contributed by atoms with van der Waals surface area (Å²) >= 11 is 0. The predicted molar refractivity (Wildman–Crippen MR) is 164 cm³/mol. The molecule has 2 aromatic carbocycles. The van der Waals surface area contributed by atoms with Crippen LogP contribution >= 0.6 is 0 Å². The molecule has 0 spiro atoms. The van der Waals surface area contributed by atoms with Gasteiger partial charge in [0.1, 0.15) is 29.0 Å². The molecule has 0 bridgehead atoms. The number of rotatable bonds is 18. The van der Waals surface area contributed by atoms with Gasteiger partial charge in [0, 0.05) is 18.0 Å². The van der Waals surface area contributed by atoms with Gasteiger partial charge in [0.25, 0.3) is 0 Å². The van der Waals surface area contributed by atoms with Crippen molar-refractivity contribution >= 4 is 5.97 Å². The standard InChI is InChI=1S/C35H42N4O3/c1-3-5-7-9-10-12-14-22-41-32-20-21-33(31(24-37)30(32)23-36)42-35(40)29-18-16-28(17-19-29)34-38-25-27(26-39-34)15-13-11-8-6-4-2/h16-21,25-26H,3-15,22H2,1-2H3. The van der Waals surface area contributed by atoms with Crippen LogP contribution < -0.4 is 9.47 Å². The molecule has 7 heteroatoms. The minimum Gasteiger partial charge on any atom is -0.492 e. The molecule has 0 N–H and O–H groups in total. The fourth-order valence-corrected chi connectivity index (χ4v) is 4.71. The lowest BCUT2D eigenvalue weighted by molar-refractivity contribution is 0.0734. The second-order valence-corrected chi connectivity index (χ2v) is 10.6. The summed E-state index contributed by atoms with van der Waals surface area (Å²) in [5, 5.41) is 19.5. The van der Waals surface area contributed by atoms with Gasteiger partial charge in [0.2, 0.25) is 0 Å². The molecule has 0 fully saturated rings. The molecule has 7 nitrogen and oxygen atoms in total. The van der Waals surface area contributed by atoms with E-state index in [9.17, 15) is 15.3 Å². The molecule has 0 saturated heterocycles. The molecule has 42 heavy (non-hydrogen) atoms. The number of carbonyl (C=O) groups excluding carboxylic acids is 1. The van der Waals surface area contributed by atoms with Gasteiger partial charge in [-0.15, -0.1) is 0 Å². The van der Waals surface area contributed by atoms with Crippen LogP contribution in [0.2, 0.25) is 0 Å². The van der Waals surface area contributed by atoms with Gasteiger partial charge in [0.05, 0.1) is 12.2 Å². The molecule has 0 aliphatic rings. The molecule has 0 atom stereocenters. The summed E-state index contributed by atoms with van der Waals surface area (Å²) < 4.78 is 11.3. The summed E-state index contributed by atoms with van der Waals surface area (Å²) in [7, 11) is 0. The van der Waals surface area contributed by atoms with Crippen LogP contribution in [0.4, 0.5) is 0 Å². The topological polar surface area (TPSA) is 109 Å². The van der Waals surface area contributed by atoms with E-state index in [4.69, 9.17) is 9.47 Å². The van der Waals surface area contributed by atoms with Crippen molar-refractivity contribution in [1.82, 2.24) is 9.97 Å². The van der Waals surface area contributed by atoms with Crippen LogP contribution in [0.1, 0.15) is 118 Å². The maximum Gasteiger partial charge on any atom is 0.343 e. The van der Waals surface area contributed by atoms with Gasteiger partial charge in [0.15, 0.2) is 11.6 Å². The molecule has 1 heterocycles. The third kappa shape index (κ3) is 10.00. The van der Waals surface area contributed by atoms with Crippen molar-refractivity contribution in [3.05, 3.63) is 71.0 Å². The van der Waals surface area contributed by atoms with E-state index in [1.807, 2.05) is 24.5 Å². The molecule has 0 aliphatic heterocycles. The van der Waals surface area contributed by atoms with Crippen molar-refractivity contribution in [3.63, 3.8) is 0 Å². The highest BCUT2D eigenvalue weighted by atomic mass is 16.5. The molecule has 0 saturated carbocycles. The SMILES string of the molecule is CCCCCCCCCOc1ccc(OC(=O)c2ccc(-c3ncc(CCCCCCC)cn3)cc2)c(C#N)c1C#N. The number of hydrogen-bond donors (Lipinski definition) is 0. The molecule has 0 amide bonds. The molecular weight excluding hydrogens is 524 g/mol. The first-order valence-corrected chi connectivity index (χ1v) is 15.3. The Morgan fingerprint density at radius 3 is 1.88 bits per heavy atom. The van der Waals surface area contributed by atoms with E-state index in [1.165, 1.54) is 57.4 Å². The Labute approximate surface area is 250 Å². The lowest BCUT2D eigenvalue weighted by Crippen LogP contribution is -2.10. The molecule has 0 aliphatic carbocycles. The molecule has 0 unspecified atom stereocenters. The molecule has 3 aromatic rings. The average molecular weight is 567 g/mol. The van der Waals surface area contributed by atoms with E-state index >= 15 is 0 Å². The van der Waals surface area contributed by atoms with Gasteiger partial charge in [-0.25, -0.2) is 14.8 Å². The first kappa shape index (κ1) is 32.3. The second kappa shape index (κ2) is 18.3. The zero-order valence-corrected chi connectivity index (χ0v) is 25.0. The van der Waals surface area contributed by atoms with Gasteiger partial charge >= 0.3 is 5.97 Å². The van der Waals surface area contributed by atoms with Crippen molar-refractivity contribution in [1.29, 1.82) is 10.5 Å². The van der Waals surface area contributed by atoms with Crippen molar-refractivity contribution in [2.45, 2.75) is 97.3 Å². The van der Waals surface area contributed by atoms with Crippen molar-refractivity contribution in [3.8, 4) is 35.0 Å². The Kier molecular flexibility index (Phi) is 14.0. The molecule has 220 valence electrons. The van der Waals surface area contributed by atoms with Crippen LogP contribution in [0.5, 0.6) is 11.5 Å². The Hall–Kier alpha value is -4.23. The van der Waals surface area contributed by atoms with Crippen molar-refractivity contribution in [2.24, 2.45) is 0 Å². The number of unbranched alkanes of at least 4 members (excludes halogenated alkanes) is 10. The Balaban J connectivity index is 1.57. The molecular formula is C35H42N4O3. The number of aryl methyl sites for hydroxylation is 1. The van der Waals surface area contributed by atoms with Gasteiger partial charge in [-0.05, 0) is 49.1 Å². The highest BCUT2D eigenvalue weighted by molar-refractivity contribution is 5.92. The van der Waals surface area contributed by atoms with Crippen molar-refractivity contribution in [2.75, 3.05) is 6.61 Å². The lowest BCUT2D eigenvalue weighted by atomic mass is 10.1. The largest absolute Gasteiger partial charge is 0.492 e. The van der Waals surface area contributed by atoms with Crippen LogP contribution in [0.3, 0.4) is 0 Å². The predicted octanol–water partition coefficient (Wildman–Crippen LogP) is 8.75. The molecule has 0 radical (unpaired) electrons. The van der Waals surface area contributed by atoms with Crippen LogP contribution in [-0.2, 0) is 6.42 Å². The summed E-state index contributed by atoms with van der Waals surface area (Å²) in [5.41, 5.74) is 2.27. The van der Waals surface area contributed by atoms with E-state index in [-0.39, 0.29) is 16.9 Å². The Morgan fingerprint density at radius 1 is 0.714 bits per heavy atom. The minimum absolute atomic E-state index is 0.0154. The van der Waals surface area contributed by atoms with Crippen LogP contribution in [0.25, 0.3) is 11.4 Å². The zero-order chi connectivity index (χ0) is 30.0. The zero-order valence-electron chi connectivity index (χ0n) is 25.0.